The van der Waals surface area contributed by atoms with E-state index >= 15 is 0 Å². The summed E-state index contributed by atoms with van der Waals surface area (Å²) in [6.45, 7) is 6.02. The summed E-state index contributed by atoms with van der Waals surface area (Å²) in [7, 11) is 0. The van der Waals surface area contributed by atoms with Gasteiger partial charge in [0.1, 0.15) is 29.6 Å². The smallest absolute Gasteiger partial charge is 0.326 e. The van der Waals surface area contributed by atoms with Crippen LogP contribution in [0.25, 0.3) is 0 Å². The van der Waals surface area contributed by atoms with E-state index in [2.05, 4.69) is 0 Å². The average molecular weight is 381 g/mol. The minimum Gasteiger partial charge on any atom is -0.459 e. The Morgan fingerprint density at radius 2 is 1.70 bits per heavy atom. The van der Waals surface area contributed by atoms with Gasteiger partial charge in [0.25, 0.3) is 0 Å². The Morgan fingerprint density at radius 1 is 1.11 bits per heavy atom. The Morgan fingerprint density at radius 3 is 2.22 bits per heavy atom. The van der Waals surface area contributed by atoms with Crippen LogP contribution in [0.1, 0.15) is 38.1 Å². The van der Waals surface area contributed by atoms with E-state index in [0.29, 0.717) is 0 Å². The lowest BCUT2D eigenvalue weighted by molar-refractivity contribution is -0.153. The fourth-order valence-corrected chi connectivity index (χ4v) is 2.55. The van der Waals surface area contributed by atoms with Crippen LogP contribution in [0.4, 0.5) is 18.9 Å². The summed E-state index contributed by atoms with van der Waals surface area (Å²) in [5.74, 6) is -3.12. The predicted octanol–water partition coefficient (Wildman–Crippen LogP) is 4.25. The van der Waals surface area contributed by atoms with Crippen molar-refractivity contribution in [1.82, 2.24) is 0 Å². The molecule has 146 valence electrons. The fraction of sp³-hybridized carbons (Fsp3) is 0.350. The maximum Gasteiger partial charge on any atom is 0.326 e. The Hall–Kier alpha value is -2.54. The number of ether oxygens (including phenoxy) is 1. The van der Waals surface area contributed by atoms with Crippen molar-refractivity contribution < 1.29 is 27.8 Å². The van der Waals surface area contributed by atoms with E-state index in [9.17, 15) is 23.1 Å². The van der Waals surface area contributed by atoms with Crippen molar-refractivity contribution in [2.24, 2.45) is 0 Å². The summed E-state index contributed by atoms with van der Waals surface area (Å²) < 4.78 is 47.1. The highest BCUT2D eigenvalue weighted by Crippen LogP contribution is 2.30. The van der Waals surface area contributed by atoms with Crippen LogP contribution in [0.5, 0.6) is 0 Å². The van der Waals surface area contributed by atoms with E-state index in [1.54, 1.807) is 20.8 Å². The van der Waals surface area contributed by atoms with Crippen LogP contribution in [-0.4, -0.2) is 23.2 Å². The quantitative estimate of drug-likeness (QED) is 0.621. The van der Waals surface area contributed by atoms with Crippen LogP contribution in [0.15, 0.2) is 36.4 Å². The van der Waals surface area contributed by atoms with E-state index in [1.807, 2.05) is 0 Å². The number of halogens is 3. The van der Waals surface area contributed by atoms with Gasteiger partial charge in [-0.3, -0.25) is 4.79 Å². The number of aliphatic hydroxyl groups excluding tert-OH is 1. The number of rotatable bonds is 5. The monoisotopic (exact) mass is 381 g/mol. The molecule has 2 rings (SSSR count). The second kappa shape index (κ2) is 8.00. The number of esters is 1. The topological polar surface area (TPSA) is 49.8 Å². The van der Waals surface area contributed by atoms with Crippen molar-refractivity contribution in [3.63, 3.8) is 0 Å². The van der Waals surface area contributed by atoms with Gasteiger partial charge in [0.15, 0.2) is 6.23 Å². The fourth-order valence-electron chi connectivity index (χ4n) is 2.55. The largest absolute Gasteiger partial charge is 0.459 e. The number of hydrogen-bond donors (Lipinski definition) is 1. The highest BCUT2D eigenvalue weighted by molar-refractivity contribution is 5.76. The number of nitrogens with zero attached hydrogens (tertiary/aromatic N) is 1. The molecule has 27 heavy (non-hydrogen) atoms. The first kappa shape index (κ1) is 20.8. The summed E-state index contributed by atoms with van der Waals surface area (Å²) in [6, 6.07) is 7.01. The minimum absolute atomic E-state index is 0.218. The molecule has 0 aliphatic carbocycles. The predicted molar refractivity (Wildman–Crippen MR) is 95.6 cm³/mol. The van der Waals surface area contributed by atoms with Gasteiger partial charge in [-0.05, 0) is 63.6 Å². The Labute approximate surface area is 156 Å². The molecule has 0 amide bonds. The molecule has 1 N–H and O–H groups in total. The van der Waals surface area contributed by atoms with E-state index in [4.69, 9.17) is 4.74 Å². The molecular formula is C20H22F3NO3. The SMILES string of the molecule is Cc1cc(N(CC(=O)OC(C)(C)C)C(O)c2c(F)cccc2F)ccc1F. The number of aliphatic hydroxyl groups is 1. The van der Waals surface area contributed by atoms with Gasteiger partial charge in [0.2, 0.25) is 0 Å². The first-order valence-corrected chi connectivity index (χ1v) is 8.36. The van der Waals surface area contributed by atoms with Crippen molar-refractivity contribution in [1.29, 1.82) is 0 Å². The van der Waals surface area contributed by atoms with Gasteiger partial charge in [0.05, 0.1) is 5.56 Å². The molecule has 0 heterocycles. The Kier molecular flexibility index (Phi) is 6.15. The molecule has 0 spiro atoms. The molecule has 0 aromatic heterocycles. The number of anilines is 1. The zero-order chi connectivity index (χ0) is 20.4. The molecule has 1 atom stereocenters. The van der Waals surface area contributed by atoms with Gasteiger partial charge in [-0.1, -0.05) is 6.07 Å². The van der Waals surface area contributed by atoms with Crippen molar-refractivity contribution >= 4 is 11.7 Å². The second-order valence-corrected chi connectivity index (χ2v) is 7.16. The summed E-state index contributed by atoms with van der Waals surface area (Å²) in [5, 5.41) is 10.6. The van der Waals surface area contributed by atoms with Gasteiger partial charge < -0.3 is 14.7 Å². The minimum atomic E-state index is -1.82. The molecule has 7 heteroatoms. The number of carbonyl (C=O) groups is 1. The number of benzene rings is 2. The lowest BCUT2D eigenvalue weighted by Crippen LogP contribution is -2.38. The first-order valence-electron chi connectivity index (χ1n) is 8.36. The molecule has 0 aliphatic heterocycles. The molecule has 0 aliphatic rings. The van der Waals surface area contributed by atoms with Gasteiger partial charge >= 0.3 is 5.97 Å². The van der Waals surface area contributed by atoms with Crippen molar-refractivity contribution in [3.8, 4) is 0 Å². The van der Waals surface area contributed by atoms with E-state index in [-0.39, 0.29) is 11.3 Å². The van der Waals surface area contributed by atoms with Gasteiger partial charge in [-0.2, -0.15) is 0 Å². The molecule has 0 radical (unpaired) electrons. The van der Waals surface area contributed by atoms with E-state index < -0.39 is 47.4 Å². The molecule has 2 aromatic rings. The maximum atomic E-state index is 14.1. The van der Waals surface area contributed by atoms with Crippen LogP contribution in [0, 0.1) is 24.4 Å². The normalized spacial score (nSPS) is 12.6. The molecule has 4 nitrogen and oxygen atoms in total. The zero-order valence-electron chi connectivity index (χ0n) is 15.6. The number of carbonyl (C=O) groups excluding carboxylic acids is 1. The van der Waals surface area contributed by atoms with Crippen LogP contribution in [-0.2, 0) is 9.53 Å². The summed E-state index contributed by atoms with van der Waals surface area (Å²) in [6.07, 6.45) is -1.82. The number of hydrogen-bond acceptors (Lipinski definition) is 4. The molecule has 1 unspecified atom stereocenters. The third-order valence-corrected chi connectivity index (χ3v) is 3.75. The van der Waals surface area contributed by atoms with E-state index in [1.165, 1.54) is 25.1 Å². The van der Waals surface area contributed by atoms with Crippen molar-refractivity contribution in [2.75, 3.05) is 11.4 Å². The summed E-state index contributed by atoms with van der Waals surface area (Å²) in [4.78, 5) is 13.3. The van der Waals surface area contributed by atoms with E-state index in [0.717, 1.165) is 23.1 Å². The summed E-state index contributed by atoms with van der Waals surface area (Å²) in [5.41, 5.74) is -0.920. The highest BCUT2D eigenvalue weighted by atomic mass is 19.1. The van der Waals surface area contributed by atoms with Gasteiger partial charge in [-0.25, -0.2) is 13.2 Å². The van der Waals surface area contributed by atoms with Crippen molar-refractivity contribution in [3.05, 3.63) is 65.0 Å². The number of aryl methyl sites for hydroxylation is 1. The van der Waals surface area contributed by atoms with Crippen LogP contribution >= 0.6 is 0 Å². The summed E-state index contributed by atoms with van der Waals surface area (Å²) >= 11 is 0. The molecule has 0 fully saturated rings. The molecule has 0 saturated carbocycles. The van der Waals surface area contributed by atoms with Gasteiger partial charge in [0, 0.05) is 5.69 Å². The first-order chi connectivity index (χ1) is 12.5. The third-order valence-electron chi connectivity index (χ3n) is 3.75. The molecule has 0 saturated heterocycles. The highest BCUT2D eigenvalue weighted by Gasteiger charge is 2.28. The standard InChI is InChI=1S/C20H22F3NO3/c1-12-10-13(8-9-14(12)21)24(11-17(25)27-20(2,3)4)19(26)18-15(22)6-5-7-16(18)23/h5-10,19,26H,11H2,1-4H3. The third kappa shape index (κ3) is 5.23. The van der Waals surface area contributed by atoms with Crippen LogP contribution in [0.3, 0.4) is 0 Å². The maximum absolute atomic E-state index is 14.1. The average Bonchev–Trinajstić information content (AvgIpc) is 2.53. The lowest BCUT2D eigenvalue weighted by atomic mass is 10.1. The lowest BCUT2D eigenvalue weighted by Gasteiger charge is -2.31. The van der Waals surface area contributed by atoms with Gasteiger partial charge in [-0.15, -0.1) is 0 Å². The molecule has 2 aromatic carbocycles. The van der Waals surface area contributed by atoms with Crippen LogP contribution < -0.4 is 4.90 Å². The zero-order valence-corrected chi connectivity index (χ0v) is 15.6. The second-order valence-electron chi connectivity index (χ2n) is 7.16. The van der Waals surface area contributed by atoms with Crippen molar-refractivity contribution in [2.45, 2.75) is 39.5 Å². The van der Waals surface area contributed by atoms with Crippen LogP contribution in [0.2, 0.25) is 0 Å². The molecular weight excluding hydrogens is 359 g/mol. The Bertz CT molecular complexity index is 813. The molecule has 0 bridgehead atoms. The Balaban J connectivity index is 2.45.